The first kappa shape index (κ1) is 13.7. The lowest BCUT2D eigenvalue weighted by Gasteiger charge is -2.37. The van der Waals surface area contributed by atoms with Crippen LogP contribution in [-0.2, 0) is 4.74 Å². The van der Waals surface area contributed by atoms with Gasteiger partial charge < -0.3 is 14.7 Å². The molecule has 0 aliphatic carbocycles. The predicted molar refractivity (Wildman–Crippen MR) is 77.9 cm³/mol. The molecule has 0 radical (unpaired) electrons. The molecule has 1 aliphatic heterocycles. The number of rotatable bonds is 2. The minimum atomic E-state index is -0.212. The summed E-state index contributed by atoms with van der Waals surface area (Å²) in [6.07, 6.45) is 3.18. The Labute approximate surface area is 122 Å². The zero-order valence-electron chi connectivity index (χ0n) is 11.7. The smallest absolute Gasteiger partial charge is 0.166 e. The summed E-state index contributed by atoms with van der Waals surface area (Å²) in [6.45, 7) is 3.28. The minimum absolute atomic E-state index is 0.0132. The summed E-state index contributed by atoms with van der Waals surface area (Å²) in [7, 11) is 0. The summed E-state index contributed by atoms with van der Waals surface area (Å²) in [4.78, 5) is 10.6. The molecule has 2 aromatic heterocycles. The lowest BCUT2D eigenvalue weighted by Crippen LogP contribution is -2.48. The molecule has 1 saturated heterocycles. The SMILES string of the molecule is C[C@@H]1CN(c2cnc(C#N)c3ncccc23)C[C@H](CO)O1. The average Bonchev–Trinajstić information content (AvgIpc) is 2.53. The third kappa shape index (κ3) is 2.53. The van der Waals surface area contributed by atoms with E-state index in [9.17, 15) is 5.11 Å². The van der Waals surface area contributed by atoms with Crippen LogP contribution in [0.4, 0.5) is 5.69 Å². The first-order chi connectivity index (χ1) is 10.2. The van der Waals surface area contributed by atoms with E-state index in [2.05, 4.69) is 20.9 Å². The van der Waals surface area contributed by atoms with Crippen molar-refractivity contribution in [2.45, 2.75) is 19.1 Å². The average molecular weight is 284 g/mol. The van der Waals surface area contributed by atoms with Gasteiger partial charge in [0.15, 0.2) is 5.69 Å². The highest BCUT2D eigenvalue weighted by Crippen LogP contribution is 2.28. The van der Waals surface area contributed by atoms with Crippen molar-refractivity contribution in [2.75, 3.05) is 24.6 Å². The zero-order valence-corrected chi connectivity index (χ0v) is 11.7. The summed E-state index contributed by atoms with van der Waals surface area (Å²) < 4.78 is 5.66. The number of pyridine rings is 2. The number of aliphatic hydroxyl groups excluding tert-OH is 1. The molecule has 108 valence electrons. The molecule has 2 atom stereocenters. The number of nitrogens with zero attached hydrogens (tertiary/aromatic N) is 4. The van der Waals surface area contributed by atoms with Crippen LogP contribution < -0.4 is 4.90 Å². The van der Waals surface area contributed by atoms with Crippen LogP contribution in [0, 0.1) is 11.3 Å². The van der Waals surface area contributed by atoms with E-state index >= 15 is 0 Å². The molecule has 6 heteroatoms. The Balaban J connectivity index is 2.07. The van der Waals surface area contributed by atoms with E-state index in [1.165, 1.54) is 0 Å². The van der Waals surface area contributed by atoms with Crippen molar-refractivity contribution in [3.8, 4) is 6.07 Å². The number of morpholine rings is 1. The second-order valence-corrected chi connectivity index (χ2v) is 5.16. The number of anilines is 1. The van der Waals surface area contributed by atoms with Crippen molar-refractivity contribution < 1.29 is 9.84 Å². The molecule has 1 aliphatic rings. The van der Waals surface area contributed by atoms with Crippen molar-refractivity contribution in [3.05, 3.63) is 30.2 Å². The van der Waals surface area contributed by atoms with E-state index in [0.29, 0.717) is 24.3 Å². The van der Waals surface area contributed by atoms with E-state index in [1.54, 1.807) is 12.4 Å². The molecule has 3 heterocycles. The van der Waals surface area contributed by atoms with Gasteiger partial charge in [-0.25, -0.2) is 4.98 Å². The van der Waals surface area contributed by atoms with Gasteiger partial charge in [-0.1, -0.05) is 0 Å². The summed E-state index contributed by atoms with van der Waals surface area (Å²) in [5.74, 6) is 0. The van der Waals surface area contributed by atoms with Gasteiger partial charge in [0.1, 0.15) is 11.6 Å². The van der Waals surface area contributed by atoms with Crippen LogP contribution in [-0.4, -0.2) is 47.0 Å². The maximum atomic E-state index is 9.35. The number of fused-ring (bicyclic) bond motifs is 1. The molecule has 0 amide bonds. The fourth-order valence-corrected chi connectivity index (χ4v) is 2.73. The van der Waals surface area contributed by atoms with Gasteiger partial charge in [0.2, 0.25) is 0 Å². The molecule has 2 aromatic rings. The fourth-order valence-electron chi connectivity index (χ4n) is 2.73. The Kier molecular flexibility index (Phi) is 3.69. The molecule has 0 unspecified atom stereocenters. The third-order valence-corrected chi connectivity index (χ3v) is 3.60. The van der Waals surface area contributed by atoms with Gasteiger partial charge >= 0.3 is 0 Å². The van der Waals surface area contributed by atoms with Crippen LogP contribution in [0.25, 0.3) is 10.9 Å². The van der Waals surface area contributed by atoms with Gasteiger partial charge in [-0.3, -0.25) is 4.98 Å². The Morgan fingerprint density at radius 3 is 3.10 bits per heavy atom. The minimum Gasteiger partial charge on any atom is -0.394 e. The van der Waals surface area contributed by atoms with Crippen LogP contribution in [0.1, 0.15) is 12.6 Å². The van der Waals surface area contributed by atoms with Crippen LogP contribution in [0.15, 0.2) is 24.5 Å². The number of hydrogen-bond acceptors (Lipinski definition) is 6. The van der Waals surface area contributed by atoms with Crippen molar-refractivity contribution in [1.82, 2.24) is 9.97 Å². The Hall–Kier alpha value is -2.23. The normalized spacial score (nSPS) is 22.2. The monoisotopic (exact) mass is 284 g/mol. The lowest BCUT2D eigenvalue weighted by molar-refractivity contribution is -0.0420. The molecule has 0 spiro atoms. The van der Waals surface area contributed by atoms with Crippen LogP contribution >= 0.6 is 0 Å². The summed E-state index contributed by atoms with van der Waals surface area (Å²) >= 11 is 0. The number of aliphatic hydroxyl groups is 1. The molecule has 0 aromatic carbocycles. The standard InChI is InChI=1S/C15H16N4O2/c1-10-7-19(8-11(9-20)21-10)14-6-18-13(5-16)15-12(14)3-2-4-17-15/h2-4,6,10-11,20H,7-9H2,1H3/t10-,11-/m1/s1. The Morgan fingerprint density at radius 1 is 1.48 bits per heavy atom. The molecule has 6 nitrogen and oxygen atoms in total. The lowest BCUT2D eigenvalue weighted by atomic mass is 10.1. The molecule has 3 rings (SSSR count). The highest BCUT2D eigenvalue weighted by Gasteiger charge is 2.26. The maximum absolute atomic E-state index is 9.35. The highest BCUT2D eigenvalue weighted by atomic mass is 16.5. The summed E-state index contributed by atoms with van der Waals surface area (Å²) in [6, 6.07) is 5.86. The second-order valence-electron chi connectivity index (χ2n) is 5.16. The molecule has 0 saturated carbocycles. The van der Waals surface area contributed by atoms with Crippen molar-refractivity contribution >= 4 is 16.6 Å². The van der Waals surface area contributed by atoms with Gasteiger partial charge in [-0.05, 0) is 19.1 Å². The van der Waals surface area contributed by atoms with Crippen LogP contribution in [0.3, 0.4) is 0 Å². The van der Waals surface area contributed by atoms with E-state index in [4.69, 9.17) is 10.00 Å². The molecule has 0 bridgehead atoms. The van der Waals surface area contributed by atoms with Gasteiger partial charge in [0.05, 0.1) is 30.7 Å². The first-order valence-electron chi connectivity index (χ1n) is 6.88. The van der Waals surface area contributed by atoms with Crippen LogP contribution in [0.5, 0.6) is 0 Å². The number of nitriles is 1. The number of hydrogen-bond donors (Lipinski definition) is 1. The number of aromatic nitrogens is 2. The van der Waals surface area contributed by atoms with E-state index in [-0.39, 0.29) is 18.8 Å². The van der Waals surface area contributed by atoms with Crippen molar-refractivity contribution in [3.63, 3.8) is 0 Å². The van der Waals surface area contributed by atoms with E-state index in [1.807, 2.05) is 19.1 Å². The maximum Gasteiger partial charge on any atom is 0.166 e. The summed E-state index contributed by atoms with van der Waals surface area (Å²) in [5, 5.41) is 19.4. The third-order valence-electron chi connectivity index (χ3n) is 3.60. The number of ether oxygens (including phenoxy) is 1. The van der Waals surface area contributed by atoms with Crippen molar-refractivity contribution in [1.29, 1.82) is 5.26 Å². The van der Waals surface area contributed by atoms with Gasteiger partial charge in [-0.2, -0.15) is 5.26 Å². The second kappa shape index (κ2) is 5.64. The van der Waals surface area contributed by atoms with Gasteiger partial charge in [-0.15, -0.1) is 0 Å². The molecular formula is C15H16N4O2. The van der Waals surface area contributed by atoms with E-state index in [0.717, 1.165) is 11.1 Å². The van der Waals surface area contributed by atoms with Crippen molar-refractivity contribution in [2.24, 2.45) is 0 Å². The van der Waals surface area contributed by atoms with Gasteiger partial charge in [0, 0.05) is 24.7 Å². The largest absolute Gasteiger partial charge is 0.394 e. The first-order valence-corrected chi connectivity index (χ1v) is 6.88. The topological polar surface area (TPSA) is 82.3 Å². The van der Waals surface area contributed by atoms with E-state index < -0.39 is 0 Å². The fraction of sp³-hybridized carbons (Fsp3) is 0.400. The predicted octanol–water partition coefficient (Wildman–Crippen LogP) is 1.09. The Bertz CT molecular complexity index is 698. The Morgan fingerprint density at radius 2 is 2.33 bits per heavy atom. The molecular weight excluding hydrogens is 268 g/mol. The van der Waals surface area contributed by atoms with Crippen LogP contribution in [0.2, 0.25) is 0 Å². The summed E-state index contributed by atoms with van der Waals surface area (Å²) in [5.41, 5.74) is 1.86. The zero-order chi connectivity index (χ0) is 14.8. The quantitative estimate of drug-likeness (QED) is 0.889. The molecule has 1 N–H and O–H groups in total. The van der Waals surface area contributed by atoms with Gasteiger partial charge in [0.25, 0.3) is 0 Å². The molecule has 1 fully saturated rings. The molecule has 21 heavy (non-hydrogen) atoms. The highest BCUT2D eigenvalue weighted by molar-refractivity contribution is 5.93.